The number of nitrogens with zero attached hydrogens (tertiary/aromatic N) is 3. The molecule has 25 heavy (non-hydrogen) atoms. The predicted molar refractivity (Wildman–Crippen MR) is 101 cm³/mol. The number of hydrogen-bond acceptors (Lipinski definition) is 3. The van der Waals surface area contributed by atoms with Gasteiger partial charge in [-0.2, -0.15) is 0 Å². The van der Waals surface area contributed by atoms with Gasteiger partial charge in [0.05, 0.1) is 12.6 Å². The van der Waals surface area contributed by atoms with Crippen molar-refractivity contribution in [2.75, 3.05) is 38.1 Å². The van der Waals surface area contributed by atoms with Gasteiger partial charge in [-0.05, 0) is 32.0 Å². The molecule has 5 nitrogen and oxygen atoms in total. The lowest BCUT2D eigenvalue weighted by molar-refractivity contribution is -0.133. The van der Waals surface area contributed by atoms with Crippen LogP contribution in [0.5, 0.6) is 0 Å². The number of piperidine rings is 1. The number of likely N-dealkylation sites (N-methyl/N-ethyl adjacent to an activating group) is 1. The van der Waals surface area contributed by atoms with E-state index in [1.165, 1.54) is 0 Å². The average Bonchev–Trinajstić information content (AvgIpc) is 2.62. The first kappa shape index (κ1) is 18.9. The molecule has 1 atom stereocenters. The van der Waals surface area contributed by atoms with Gasteiger partial charge in [-0.1, -0.05) is 30.4 Å². The van der Waals surface area contributed by atoms with Crippen molar-refractivity contribution < 1.29 is 9.59 Å². The summed E-state index contributed by atoms with van der Waals surface area (Å²) in [5, 5.41) is 0. The first-order chi connectivity index (χ1) is 12.1. The summed E-state index contributed by atoms with van der Waals surface area (Å²) in [5.41, 5.74) is 0.914. The Kier molecular flexibility index (Phi) is 6.95. The highest BCUT2D eigenvalue weighted by Crippen LogP contribution is 2.23. The minimum Gasteiger partial charge on any atom is -0.334 e. The first-order valence-electron chi connectivity index (χ1n) is 8.64. The molecule has 0 radical (unpaired) electrons. The van der Waals surface area contributed by atoms with Crippen LogP contribution in [0.2, 0.25) is 0 Å². The molecule has 1 aliphatic heterocycles. The van der Waals surface area contributed by atoms with Crippen molar-refractivity contribution in [1.82, 2.24) is 9.80 Å². The Morgan fingerprint density at radius 2 is 1.88 bits per heavy atom. The molecule has 0 bridgehead atoms. The smallest absolute Gasteiger partial charge is 0.244 e. The molecule has 2 rings (SSSR count). The summed E-state index contributed by atoms with van der Waals surface area (Å²) < 4.78 is 0. The van der Waals surface area contributed by atoms with Gasteiger partial charge in [-0.15, -0.1) is 13.2 Å². The molecule has 0 aliphatic carbocycles. The number of carbonyl (C=O) groups is 2. The van der Waals surface area contributed by atoms with E-state index in [1.807, 2.05) is 47.2 Å². The molecule has 1 unspecified atom stereocenters. The minimum absolute atomic E-state index is 0.0214. The lowest BCUT2D eigenvalue weighted by Gasteiger charge is -2.37. The number of carbonyl (C=O) groups excluding carboxylic acids is 2. The topological polar surface area (TPSA) is 43.9 Å². The molecule has 1 fully saturated rings. The zero-order valence-corrected chi connectivity index (χ0v) is 14.9. The van der Waals surface area contributed by atoms with Crippen LogP contribution in [0.25, 0.3) is 0 Å². The average molecular weight is 341 g/mol. The van der Waals surface area contributed by atoms with Gasteiger partial charge < -0.3 is 9.80 Å². The van der Waals surface area contributed by atoms with Crippen LogP contribution in [0.3, 0.4) is 0 Å². The van der Waals surface area contributed by atoms with Crippen molar-refractivity contribution in [2.45, 2.75) is 18.9 Å². The van der Waals surface area contributed by atoms with Crippen LogP contribution >= 0.6 is 0 Å². The third-order valence-electron chi connectivity index (χ3n) is 4.45. The number of para-hydroxylation sites is 1. The third-order valence-corrected chi connectivity index (χ3v) is 4.45. The number of benzene rings is 1. The van der Waals surface area contributed by atoms with Gasteiger partial charge in [0.2, 0.25) is 11.8 Å². The number of rotatable bonds is 8. The maximum absolute atomic E-state index is 12.9. The van der Waals surface area contributed by atoms with E-state index in [0.717, 1.165) is 25.1 Å². The molecule has 5 heteroatoms. The second-order valence-electron chi connectivity index (χ2n) is 6.27. The van der Waals surface area contributed by atoms with E-state index in [4.69, 9.17) is 0 Å². The molecular weight excluding hydrogens is 314 g/mol. The molecule has 134 valence electrons. The standard InChI is InChI=1S/C20H27N3O2/c1-4-13-22(14-5-2)19(24)16-21(3)18-12-9-15-23(20(18)25)17-10-7-6-8-11-17/h4-8,10-11,18H,1-2,9,12-16H2,3H3. The van der Waals surface area contributed by atoms with Crippen molar-refractivity contribution in [1.29, 1.82) is 0 Å². The second-order valence-corrected chi connectivity index (χ2v) is 6.27. The largest absolute Gasteiger partial charge is 0.334 e. The fourth-order valence-electron chi connectivity index (χ4n) is 3.14. The zero-order valence-electron chi connectivity index (χ0n) is 14.9. The van der Waals surface area contributed by atoms with Crippen molar-refractivity contribution in [3.05, 3.63) is 55.6 Å². The monoisotopic (exact) mass is 341 g/mol. The summed E-state index contributed by atoms with van der Waals surface area (Å²) >= 11 is 0. The van der Waals surface area contributed by atoms with Crippen molar-refractivity contribution in [3.8, 4) is 0 Å². The molecule has 0 aromatic heterocycles. The Balaban J connectivity index is 2.04. The highest BCUT2D eigenvalue weighted by molar-refractivity contribution is 5.98. The van der Waals surface area contributed by atoms with Gasteiger partial charge in [0.1, 0.15) is 0 Å². The van der Waals surface area contributed by atoms with Crippen LogP contribution in [0, 0.1) is 0 Å². The maximum Gasteiger partial charge on any atom is 0.244 e. The molecule has 0 spiro atoms. The van der Waals surface area contributed by atoms with Gasteiger partial charge in [0.25, 0.3) is 0 Å². The molecule has 1 heterocycles. The highest BCUT2D eigenvalue weighted by Gasteiger charge is 2.33. The fraction of sp³-hybridized carbons (Fsp3) is 0.400. The lowest BCUT2D eigenvalue weighted by Crippen LogP contribution is -2.53. The molecular formula is C20H27N3O2. The summed E-state index contributed by atoms with van der Waals surface area (Å²) in [6.45, 7) is 9.26. The van der Waals surface area contributed by atoms with Crippen molar-refractivity contribution in [3.63, 3.8) is 0 Å². The Labute approximate surface area is 150 Å². The van der Waals surface area contributed by atoms with E-state index < -0.39 is 0 Å². The van der Waals surface area contributed by atoms with E-state index in [-0.39, 0.29) is 24.4 Å². The SMILES string of the molecule is C=CCN(CC=C)C(=O)CN(C)C1CCCN(c2ccccc2)C1=O. The van der Waals surface area contributed by atoms with E-state index >= 15 is 0 Å². The molecule has 1 aliphatic rings. The van der Waals surface area contributed by atoms with Gasteiger partial charge >= 0.3 is 0 Å². The Morgan fingerprint density at radius 3 is 2.48 bits per heavy atom. The van der Waals surface area contributed by atoms with Crippen LogP contribution in [-0.4, -0.2) is 60.9 Å². The normalized spacial score (nSPS) is 17.4. The van der Waals surface area contributed by atoms with E-state index in [9.17, 15) is 9.59 Å². The third kappa shape index (κ3) is 4.79. The quantitative estimate of drug-likeness (QED) is 0.682. The maximum atomic E-state index is 12.9. The zero-order chi connectivity index (χ0) is 18.2. The van der Waals surface area contributed by atoms with E-state index in [1.54, 1.807) is 17.1 Å². The molecule has 1 aromatic rings. The van der Waals surface area contributed by atoms with Crippen LogP contribution in [0.4, 0.5) is 5.69 Å². The van der Waals surface area contributed by atoms with Gasteiger partial charge in [-0.25, -0.2) is 0 Å². The van der Waals surface area contributed by atoms with Gasteiger partial charge in [-0.3, -0.25) is 14.5 Å². The second kappa shape index (κ2) is 9.18. The van der Waals surface area contributed by atoms with Crippen LogP contribution in [0.1, 0.15) is 12.8 Å². The molecule has 2 amide bonds. The fourth-order valence-corrected chi connectivity index (χ4v) is 3.14. The minimum atomic E-state index is -0.271. The van der Waals surface area contributed by atoms with E-state index in [0.29, 0.717) is 13.1 Å². The molecule has 0 N–H and O–H groups in total. The highest BCUT2D eigenvalue weighted by atomic mass is 16.2. The Bertz CT molecular complexity index is 605. The van der Waals surface area contributed by atoms with Crippen molar-refractivity contribution >= 4 is 17.5 Å². The first-order valence-corrected chi connectivity index (χ1v) is 8.64. The summed E-state index contributed by atoms with van der Waals surface area (Å²) in [7, 11) is 1.84. The molecule has 0 saturated carbocycles. The molecule has 1 aromatic carbocycles. The number of hydrogen-bond donors (Lipinski definition) is 0. The number of anilines is 1. The number of amides is 2. The van der Waals surface area contributed by atoms with Crippen LogP contribution in [-0.2, 0) is 9.59 Å². The Hall–Kier alpha value is -2.40. The molecule has 1 saturated heterocycles. The van der Waals surface area contributed by atoms with Gasteiger partial charge in [0, 0.05) is 25.3 Å². The Morgan fingerprint density at radius 1 is 1.24 bits per heavy atom. The van der Waals surface area contributed by atoms with Crippen LogP contribution < -0.4 is 4.90 Å². The summed E-state index contributed by atoms with van der Waals surface area (Å²) in [4.78, 5) is 30.8. The van der Waals surface area contributed by atoms with Crippen molar-refractivity contribution in [2.24, 2.45) is 0 Å². The summed E-state index contributed by atoms with van der Waals surface area (Å²) in [6.07, 6.45) is 5.09. The van der Waals surface area contributed by atoms with Crippen LogP contribution in [0.15, 0.2) is 55.6 Å². The summed E-state index contributed by atoms with van der Waals surface area (Å²) in [6, 6.07) is 9.42. The van der Waals surface area contributed by atoms with Gasteiger partial charge in [0.15, 0.2) is 0 Å². The predicted octanol–water partition coefficient (Wildman–Crippen LogP) is 2.31. The summed E-state index contributed by atoms with van der Waals surface area (Å²) in [5.74, 6) is 0.0404. The van der Waals surface area contributed by atoms with E-state index in [2.05, 4.69) is 13.2 Å². The lowest BCUT2D eigenvalue weighted by atomic mass is 10.0.